The first-order chi connectivity index (χ1) is 13.4. The average molecular weight is 431 g/mol. The van der Waals surface area contributed by atoms with Crippen LogP contribution in [-0.4, -0.2) is 34.3 Å². The summed E-state index contributed by atoms with van der Waals surface area (Å²) in [5.74, 6) is -2.82. The lowest BCUT2D eigenvalue weighted by atomic mass is 9.88. The fraction of sp³-hybridized carbons (Fsp3) is 0.684. The summed E-state index contributed by atoms with van der Waals surface area (Å²) in [6.45, 7) is 8.90. The molecule has 162 valence electrons. The molecule has 0 unspecified atom stereocenters. The van der Waals surface area contributed by atoms with E-state index in [4.69, 9.17) is 4.74 Å². The third-order valence-corrected chi connectivity index (χ3v) is 6.32. The van der Waals surface area contributed by atoms with Crippen molar-refractivity contribution in [1.29, 1.82) is 0 Å². The summed E-state index contributed by atoms with van der Waals surface area (Å²) in [6, 6.07) is -0.772. The van der Waals surface area contributed by atoms with E-state index in [-0.39, 0.29) is 18.7 Å². The Morgan fingerprint density at radius 3 is 2.48 bits per heavy atom. The molecule has 0 aromatic carbocycles. The molecule has 1 aliphatic carbocycles. The number of ether oxygens (including phenoxy) is 1. The maximum atomic E-state index is 13.4. The van der Waals surface area contributed by atoms with Gasteiger partial charge in [-0.05, 0) is 33.3 Å². The molecule has 2 heterocycles. The van der Waals surface area contributed by atoms with Gasteiger partial charge in [0.1, 0.15) is 4.83 Å². The van der Waals surface area contributed by atoms with Crippen molar-refractivity contribution in [2.24, 2.45) is 0 Å². The van der Waals surface area contributed by atoms with Crippen LogP contribution < -0.4 is 22.1 Å². The number of thiophene rings is 1. The average Bonchev–Trinajstić information content (AvgIpc) is 2.89. The van der Waals surface area contributed by atoms with E-state index in [1.807, 2.05) is 27.7 Å². The Balaban J connectivity index is 2.08. The van der Waals surface area contributed by atoms with Crippen LogP contribution in [0.15, 0.2) is 9.59 Å². The second-order valence-corrected chi connectivity index (χ2v) is 9.66. The summed E-state index contributed by atoms with van der Waals surface area (Å²) in [7, 11) is 1.53. The monoisotopic (exact) mass is 430 g/mol. The lowest BCUT2D eigenvalue weighted by molar-refractivity contribution is -0.106. The van der Waals surface area contributed by atoms with E-state index in [1.165, 1.54) is 23.0 Å². The normalized spacial score (nSPS) is 17.1. The van der Waals surface area contributed by atoms with E-state index in [0.29, 0.717) is 16.8 Å². The Morgan fingerprint density at radius 2 is 1.93 bits per heavy atom. The maximum Gasteiger partial charge on any atom is 0.332 e. The molecule has 0 spiro atoms. The van der Waals surface area contributed by atoms with E-state index in [9.17, 15) is 18.4 Å². The SMILES string of the molecule is COCCn1c(=O)n(C2CC(F)(F)C2)c(=O)c2c(C)c(CNNC(C)(C)C)sc21. The minimum Gasteiger partial charge on any atom is -0.383 e. The Hall–Kier alpha value is -1.62. The number of methoxy groups -OCH3 is 1. The summed E-state index contributed by atoms with van der Waals surface area (Å²) < 4.78 is 34.4. The fourth-order valence-corrected chi connectivity index (χ4v) is 4.74. The van der Waals surface area contributed by atoms with Crippen molar-refractivity contribution in [1.82, 2.24) is 20.0 Å². The van der Waals surface area contributed by atoms with E-state index in [1.54, 1.807) is 0 Å². The lowest BCUT2D eigenvalue weighted by Gasteiger charge is -2.35. The van der Waals surface area contributed by atoms with Gasteiger partial charge in [-0.3, -0.25) is 24.8 Å². The first kappa shape index (κ1) is 22.1. The zero-order valence-electron chi connectivity index (χ0n) is 17.4. The van der Waals surface area contributed by atoms with Crippen molar-refractivity contribution in [3.05, 3.63) is 31.3 Å². The number of fused-ring (bicyclic) bond motifs is 1. The highest BCUT2D eigenvalue weighted by atomic mass is 32.1. The van der Waals surface area contributed by atoms with Gasteiger partial charge in [-0.1, -0.05) is 0 Å². The first-order valence-corrected chi connectivity index (χ1v) is 10.4. The van der Waals surface area contributed by atoms with Crippen LogP contribution >= 0.6 is 11.3 Å². The predicted octanol–water partition coefficient (Wildman–Crippen LogP) is 2.54. The molecule has 1 aliphatic rings. The van der Waals surface area contributed by atoms with Crippen LogP contribution in [0.25, 0.3) is 10.2 Å². The van der Waals surface area contributed by atoms with Crippen LogP contribution in [0.2, 0.25) is 0 Å². The minimum absolute atomic E-state index is 0.132. The van der Waals surface area contributed by atoms with Crippen molar-refractivity contribution >= 4 is 21.6 Å². The van der Waals surface area contributed by atoms with Gasteiger partial charge in [-0.15, -0.1) is 11.3 Å². The zero-order chi connectivity index (χ0) is 21.6. The van der Waals surface area contributed by atoms with Crippen LogP contribution in [0, 0.1) is 6.92 Å². The molecular weight excluding hydrogens is 402 g/mol. The molecule has 0 aliphatic heterocycles. The number of nitrogens with zero attached hydrogens (tertiary/aromatic N) is 2. The molecule has 0 amide bonds. The smallest absolute Gasteiger partial charge is 0.332 e. The number of aryl methyl sites for hydroxylation is 1. The van der Waals surface area contributed by atoms with Crippen molar-refractivity contribution in [3.8, 4) is 0 Å². The van der Waals surface area contributed by atoms with Gasteiger partial charge in [-0.25, -0.2) is 13.6 Å². The topological polar surface area (TPSA) is 77.3 Å². The van der Waals surface area contributed by atoms with Crippen LogP contribution in [0.3, 0.4) is 0 Å². The second kappa shape index (κ2) is 7.90. The fourth-order valence-electron chi connectivity index (χ4n) is 3.48. The molecular formula is C19H28F2N4O3S. The second-order valence-electron chi connectivity index (χ2n) is 8.58. The number of hydrogen-bond donors (Lipinski definition) is 2. The third kappa shape index (κ3) is 4.45. The van der Waals surface area contributed by atoms with Gasteiger partial charge in [0.25, 0.3) is 11.5 Å². The predicted molar refractivity (Wildman–Crippen MR) is 110 cm³/mol. The molecule has 2 aromatic heterocycles. The Bertz CT molecular complexity index is 1010. The van der Waals surface area contributed by atoms with Crippen molar-refractivity contribution in [2.75, 3.05) is 13.7 Å². The molecule has 0 bridgehead atoms. The number of aromatic nitrogens is 2. The largest absolute Gasteiger partial charge is 0.383 e. The molecule has 0 radical (unpaired) electrons. The summed E-state index contributed by atoms with van der Waals surface area (Å²) in [6.07, 6.45) is -0.962. The van der Waals surface area contributed by atoms with Gasteiger partial charge in [-0.2, -0.15) is 0 Å². The van der Waals surface area contributed by atoms with Gasteiger partial charge in [0.15, 0.2) is 0 Å². The Kier molecular flexibility index (Phi) is 6.01. The van der Waals surface area contributed by atoms with Gasteiger partial charge < -0.3 is 4.74 Å². The van der Waals surface area contributed by atoms with Gasteiger partial charge in [0.2, 0.25) is 0 Å². The molecule has 10 heteroatoms. The Labute approximate surface area is 171 Å². The first-order valence-electron chi connectivity index (χ1n) is 9.59. The van der Waals surface area contributed by atoms with Crippen molar-refractivity contribution < 1.29 is 13.5 Å². The minimum atomic E-state index is -2.82. The number of halogens is 2. The van der Waals surface area contributed by atoms with Crippen LogP contribution in [0.4, 0.5) is 8.78 Å². The number of hydrazine groups is 1. The molecule has 29 heavy (non-hydrogen) atoms. The zero-order valence-corrected chi connectivity index (χ0v) is 18.2. The third-order valence-electron chi connectivity index (χ3n) is 5.01. The van der Waals surface area contributed by atoms with Gasteiger partial charge in [0.05, 0.1) is 24.6 Å². The van der Waals surface area contributed by atoms with E-state index >= 15 is 0 Å². The molecule has 3 rings (SSSR count). The van der Waals surface area contributed by atoms with E-state index in [2.05, 4.69) is 10.9 Å². The summed E-state index contributed by atoms with van der Waals surface area (Å²) in [4.78, 5) is 27.6. The molecule has 1 saturated carbocycles. The van der Waals surface area contributed by atoms with Crippen molar-refractivity contribution in [2.45, 2.75) is 71.1 Å². The molecule has 0 atom stereocenters. The highest BCUT2D eigenvalue weighted by Crippen LogP contribution is 2.44. The number of nitrogens with one attached hydrogen (secondary N) is 2. The molecule has 0 saturated heterocycles. The highest BCUT2D eigenvalue weighted by Gasteiger charge is 2.47. The summed E-state index contributed by atoms with van der Waals surface area (Å²) in [5.41, 5.74) is 5.93. The molecule has 2 aromatic rings. The van der Waals surface area contributed by atoms with Gasteiger partial charge in [0, 0.05) is 36.9 Å². The maximum absolute atomic E-state index is 13.4. The van der Waals surface area contributed by atoms with Crippen LogP contribution in [-0.2, 0) is 17.8 Å². The van der Waals surface area contributed by atoms with Crippen LogP contribution in [0.5, 0.6) is 0 Å². The standard InChI is InChI=1S/C19H28F2N4O3S/c1-11-13(10-22-23-18(2,3)4)29-16-14(11)15(26)25(12-8-19(20,21)9-12)17(27)24(16)6-7-28-5/h12,22-23H,6-10H2,1-5H3. The quantitative estimate of drug-likeness (QED) is 0.660. The van der Waals surface area contributed by atoms with Crippen LogP contribution in [0.1, 0.15) is 50.1 Å². The number of rotatable bonds is 7. The molecule has 1 fully saturated rings. The Morgan fingerprint density at radius 1 is 1.28 bits per heavy atom. The lowest BCUT2D eigenvalue weighted by Crippen LogP contribution is -2.49. The highest BCUT2D eigenvalue weighted by molar-refractivity contribution is 7.18. The summed E-state index contributed by atoms with van der Waals surface area (Å²) >= 11 is 1.37. The number of alkyl halides is 2. The van der Waals surface area contributed by atoms with E-state index in [0.717, 1.165) is 15.0 Å². The molecule has 2 N–H and O–H groups in total. The number of hydrogen-bond acceptors (Lipinski definition) is 6. The summed E-state index contributed by atoms with van der Waals surface area (Å²) in [5, 5.41) is 0.425. The van der Waals surface area contributed by atoms with Gasteiger partial charge >= 0.3 is 5.69 Å². The molecule has 7 nitrogen and oxygen atoms in total. The van der Waals surface area contributed by atoms with E-state index < -0.39 is 36.1 Å². The van der Waals surface area contributed by atoms with Crippen molar-refractivity contribution in [3.63, 3.8) is 0 Å².